The lowest BCUT2D eigenvalue weighted by atomic mass is 10.1. The molecule has 1 fully saturated rings. The number of rotatable bonds is 3. The first kappa shape index (κ1) is 17.8. The third-order valence-corrected chi connectivity index (χ3v) is 6.04. The predicted octanol–water partition coefficient (Wildman–Crippen LogP) is 1.58. The summed E-state index contributed by atoms with van der Waals surface area (Å²) in [6.45, 7) is 0. The molecule has 0 saturated carbocycles. The van der Waals surface area contributed by atoms with Gasteiger partial charge in [0.05, 0.1) is 23.2 Å². The Labute approximate surface area is 148 Å². The van der Waals surface area contributed by atoms with Gasteiger partial charge in [-0.1, -0.05) is 11.6 Å². The Bertz CT molecular complexity index is 872. The van der Waals surface area contributed by atoms with Gasteiger partial charge >= 0.3 is 0 Å². The maximum absolute atomic E-state index is 13.7. The highest BCUT2D eigenvalue weighted by atomic mass is 35.5. The van der Waals surface area contributed by atoms with Crippen molar-refractivity contribution in [2.24, 2.45) is 5.10 Å². The van der Waals surface area contributed by atoms with Gasteiger partial charge in [0.15, 0.2) is 9.84 Å². The molecular formula is C15H15ClFN3O4S. The summed E-state index contributed by atoms with van der Waals surface area (Å²) in [7, 11) is -3.19. The normalized spacial score (nSPS) is 22.6. The number of anilines is 1. The van der Waals surface area contributed by atoms with Crippen molar-refractivity contribution < 1.29 is 22.4 Å². The van der Waals surface area contributed by atoms with Crippen LogP contribution in [0.5, 0.6) is 0 Å². The SMILES string of the molecule is O=C(Nc1cc(Cl)ccc1F)C1=NN([C@H]2CCS(=O)(=O)C2)C(=O)CC1. The van der Waals surface area contributed by atoms with Crippen LogP contribution in [0.15, 0.2) is 23.3 Å². The Morgan fingerprint density at radius 1 is 1.36 bits per heavy atom. The molecule has 0 unspecified atom stereocenters. The minimum atomic E-state index is -3.19. The molecule has 0 radical (unpaired) electrons. The lowest BCUT2D eigenvalue weighted by Gasteiger charge is -2.27. The van der Waals surface area contributed by atoms with Gasteiger partial charge in [0, 0.05) is 17.9 Å². The van der Waals surface area contributed by atoms with Crippen LogP contribution < -0.4 is 5.32 Å². The lowest BCUT2D eigenvalue weighted by Crippen LogP contribution is -2.42. The molecule has 2 aliphatic heterocycles. The summed E-state index contributed by atoms with van der Waals surface area (Å²) in [5.41, 5.74) is -0.0460. The van der Waals surface area contributed by atoms with Gasteiger partial charge in [0.2, 0.25) is 5.91 Å². The van der Waals surface area contributed by atoms with Crippen molar-refractivity contribution in [2.75, 3.05) is 16.8 Å². The van der Waals surface area contributed by atoms with E-state index >= 15 is 0 Å². The van der Waals surface area contributed by atoms with Crippen molar-refractivity contribution >= 4 is 44.7 Å². The van der Waals surface area contributed by atoms with Crippen molar-refractivity contribution in [3.8, 4) is 0 Å². The topological polar surface area (TPSA) is 95.9 Å². The van der Waals surface area contributed by atoms with E-state index in [2.05, 4.69) is 10.4 Å². The van der Waals surface area contributed by atoms with Gasteiger partial charge in [-0.15, -0.1) is 0 Å². The molecule has 1 aromatic carbocycles. The summed E-state index contributed by atoms with van der Waals surface area (Å²) in [6, 6.07) is 3.18. The molecule has 0 bridgehead atoms. The van der Waals surface area contributed by atoms with Gasteiger partial charge in [0.25, 0.3) is 5.91 Å². The van der Waals surface area contributed by atoms with E-state index in [-0.39, 0.29) is 53.1 Å². The van der Waals surface area contributed by atoms with Crippen molar-refractivity contribution in [3.05, 3.63) is 29.0 Å². The van der Waals surface area contributed by atoms with Gasteiger partial charge < -0.3 is 5.32 Å². The number of hydrogen-bond acceptors (Lipinski definition) is 5. The maximum Gasteiger partial charge on any atom is 0.271 e. The van der Waals surface area contributed by atoms with Gasteiger partial charge in [-0.05, 0) is 24.6 Å². The number of sulfone groups is 1. The fourth-order valence-corrected chi connectivity index (χ4v) is 4.64. The van der Waals surface area contributed by atoms with E-state index in [9.17, 15) is 22.4 Å². The highest BCUT2D eigenvalue weighted by Gasteiger charge is 2.37. The molecule has 1 saturated heterocycles. The first-order valence-corrected chi connectivity index (χ1v) is 9.81. The summed E-state index contributed by atoms with van der Waals surface area (Å²) in [6.07, 6.45) is 0.430. The fourth-order valence-electron chi connectivity index (χ4n) is 2.78. The van der Waals surface area contributed by atoms with E-state index in [0.29, 0.717) is 0 Å². The molecule has 1 aromatic rings. The van der Waals surface area contributed by atoms with Crippen LogP contribution in [0.3, 0.4) is 0 Å². The molecule has 10 heteroatoms. The van der Waals surface area contributed by atoms with Gasteiger partial charge in [-0.3, -0.25) is 9.59 Å². The Balaban J connectivity index is 1.79. The number of halogens is 2. The third kappa shape index (κ3) is 3.98. The highest BCUT2D eigenvalue weighted by molar-refractivity contribution is 7.91. The first-order valence-electron chi connectivity index (χ1n) is 7.61. The first-order chi connectivity index (χ1) is 11.7. The molecule has 134 valence electrons. The van der Waals surface area contributed by atoms with E-state index in [0.717, 1.165) is 11.1 Å². The van der Waals surface area contributed by atoms with Crippen LogP contribution in [0, 0.1) is 5.82 Å². The van der Waals surface area contributed by atoms with E-state index in [1.807, 2.05) is 0 Å². The number of nitrogens with zero attached hydrogens (tertiary/aromatic N) is 2. The summed E-state index contributed by atoms with van der Waals surface area (Å²) in [5.74, 6) is -1.80. The number of amides is 2. The number of nitrogens with one attached hydrogen (secondary N) is 1. The van der Waals surface area contributed by atoms with Gasteiger partial charge in [-0.25, -0.2) is 17.8 Å². The second-order valence-corrected chi connectivity index (χ2v) is 8.59. The van der Waals surface area contributed by atoms with Crippen LogP contribution in [0.2, 0.25) is 5.02 Å². The Morgan fingerprint density at radius 3 is 2.80 bits per heavy atom. The van der Waals surface area contributed by atoms with Crippen molar-refractivity contribution in [3.63, 3.8) is 0 Å². The van der Waals surface area contributed by atoms with E-state index in [1.54, 1.807) is 0 Å². The van der Waals surface area contributed by atoms with Crippen LogP contribution in [-0.4, -0.2) is 48.5 Å². The monoisotopic (exact) mass is 387 g/mol. The van der Waals surface area contributed by atoms with Gasteiger partial charge in [-0.2, -0.15) is 5.10 Å². The van der Waals surface area contributed by atoms with Crippen molar-refractivity contribution in [1.82, 2.24) is 5.01 Å². The molecule has 1 atom stereocenters. The average Bonchev–Trinajstić information content (AvgIpc) is 2.91. The summed E-state index contributed by atoms with van der Waals surface area (Å²) < 4.78 is 36.9. The largest absolute Gasteiger partial charge is 0.318 e. The molecule has 0 spiro atoms. The second kappa shape index (κ2) is 6.72. The zero-order valence-corrected chi connectivity index (χ0v) is 14.6. The minimum Gasteiger partial charge on any atom is -0.318 e. The van der Waals surface area contributed by atoms with Crippen LogP contribution in [-0.2, 0) is 19.4 Å². The number of carbonyl (C=O) groups is 2. The zero-order chi connectivity index (χ0) is 18.2. The van der Waals surface area contributed by atoms with E-state index < -0.39 is 27.6 Å². The molecule has 2 amide bonds. The van der Waals surface area contributed by atoms with E-state index in [4.69, 9.17) is 11.6 Å². The molecule has 2 aliphatic rings. The zero-order valence-electron chi connectivity index (χ0n) is 13.0. The lowest BCUT2D eigenvalue weighted by molar-refractivity contribution is -0.133. The molecular weight excluding hydrogens is 373 g/mol. The van der Waals surface area contributed by atoms with Crippen molar-refractivity contribution in [1.29, 1.82) is 0 Å². The van der Waals surface area contributed by atoms with E-state index in [1.165, 1.54) is 12.1 Å². The van der Waals surface area contributed by atoms with Crippen LogP contribution in [0.1, 0.15) is 19.3 Å². The standard InChI is InChI=1S/C15H15ClFN3O4S/c16-9-1-2-11(17)13(7-9)18-15(22)12-3-4-14(21)20(19-12)10-5-6-25(23,24)8-10/h1-2,7,10H,3-6,8H2,(H,18,22)/t10-/m0/s1. The quantitative estimate of drug-likeness (QED) is 0.851. The fraction of sp³-hybridized carbons (Fsp3) is 0.400. The highest BCUT2D eigenvalue weighted by Crippen LogP contribution is 2.23. The number of hydrazone groups is 1. The maximum atomic E-state index is 13.7. The number of hydrogen-bond donors (Lipinski definition) is 1. The Morgan fingerprint density at radius 2 is 2.12 bits per heavy atom. The molecule has 2 heterocycles. The van der Waals surface area contributed by atoms with Crippen molar-refractivity contribution in [2.45, 2.75) is 25.3 Å². The number of carbonyl (C=O) groups excluding carboxylic acids is 2. The predicted molar refractivity (Wildman–Crippen MR) is 90.6 cm³/mol. The second-order valence-electron chi connectivity index (χ2n) is 5.92. The summed E-state index contributed by atoms with van der Waals surface area (Å²) >= 11 is 5.78. The minimum absolute atomic E-state index is 0.00772. The molecule has 1 N–H and O–H groups in total. The van der Waals surface area contributed by atoms with Crippen LogP contribution >= 0.6 is 11.6 Å². The summed E-state index contributed by atoms with van der Waals surface area (Å²) in [4.78, 5) is 24.4. The molecule has 7 nitrogen and oxygen atoms in total. The molecule has 0 aliphatic carbocycles. The van der Waals surface area contributed by atoms with Crippen LogP contribution in [0.4, 0.5) is 10.1 Å². The summed E-state index contributed by atoms with van der Waals surface area (Å²) in [5, 5.41) is 7.74. The van der Waals surface area contributed by atoms with Gasteiger partial charge in [0.1, 0.15) is 11.5 Å². The van der Waals surface area contributed by atoms with Crippen LogP contribution in [0.25, 0.3) is 0 Å². The Kier molecular flexibility index (Phi) is 4.79. The molecule has 0 aromatic heterocycles. The number of benzene rings is 1. The Hall–Kier alpha value is -2.00. The third-order valence-electron chi connectivity index (χ3n) is 4.05. The molecule has 3 rings (SSSR count). The molecule has 25 heavy (non-hydrogen) atoms. The average molecular weight is 388 g/mol. The smallest absolute Gasteiger partial charge is 0.271 e.